The van der Waals surface area contributed by atoms with Crippen molar-refractivity contribution < 1.29 is 13.6 Å². The van der Waals surface area contributed by atoms with Crippen molar-refractivity contribution in [1.29, 1.82) is 0 Å². The van der Waals surface area contributed by atoms with E-state index < -0.39 is 11.7 Å². The van der Waals surface area contributed by atoms with Crippen LogP contribution in [0.2, 0.25) is 5.02 Å². The van der Waals surface area contributed by atoms with Crippen molar-refractivity contribution in [3.8, 4) is 0 Å². The van der Waals surface area contributed by atoms with E-state index in [9.17, 15) is 13.6 Å². The van der Waals surface area contributed by atoms with Crippen LogP contribution in [-0.4, -0.2) is 5.78 Å². The summed E-state index contributed by atoms with van der Waals surface area (Å²) >= 11 is 5.51. The van der Waals surface area contributed by atoms with Crippen molar-refractivity contribution in [3.05, 3.63) is 34.9 Å². The van der Waals surface area contributed by atoms with Crippen molar-refractivity contribution in [2.24, 2.45) is 0 Å². The second kappa shape index (κ2) is 3.42. The van der Waals surface area contributed by atoms with Gasteiger partial charge in [-0.3, -0.25) is 4.79 Å². The fourth-order valence-corrected chi connectivity index (χ4v) is 0.988. The molecule has 1 aromatic rings. The number of hydrogen-bond acceptors (Lipinski definition) is 1. The van der Waals surface area contributed by atoms with Crippen LogP contribution in [0.3, 0.4) is 0 Å². The summed E-state index contributed by atoms with van der Waals surface area (Å²) < 4.78 is 26.0. The van der Waals surface area contributed by atoms with E-state index in [2.05, 4.69) is 0 Å². The Bertz CT molecular complexity index is 319. The molecule has 0 bridgehead atoms. The molecule has 0 aliphatic heterocycles. The Kier molecular flexibility index (Phi) is 2.66. The van der Waals surface area contributed by atoms with Gasteiger partial charge < -0.3 is 0 Å². The molecule has 0 unspecified atom stereocenters. The Morgan fingerprint density at radius 3 is 2.15 bits per heavy atom. The number of alkyl halides is 2. The van der Waals surface area contributed by atoms with Crippen LogP contribution in [0.4, 0.5) is 8.78 Å². The SMILES string of the molecule is CC(=O)C(F)(F)c1ccc(Cl)cc1. The van der Waals surface area contributed by atoms with Gasteiger partial charge in [-0.1, -0.05) is 23.7 Å². The summed E-state index contributed by atoms with van der Waals surface area (Å²) in [6, 6.07) is 4.94. The Balaban J connectivity index is 3.08. The summed E-state index contributed by atoms with van der Waals surface area (Å²) in [5.41, 5.74) is -0.329. The zero-order chi connectivity index (χ0) is 10.1. The molecule has 13 heavy (non-hydrogen) atoms. The molecule has 0 radical (unpaired) electrons. The Hall–Kier alpha value is -0.960. The van der Waals surface area contributed by atoms with E-state index in [1.807, 2.05) is 0 Å². The van der Waals surface area contributed by atoms with Crippen molar-refractivity contribution >= 4 is 17.4 Å². The van der Waals surface area contributed by atoms with Gasteiger partial charge in [0.05, 0.1) is 0 Å². The molecule has 0 spiro atoms. The van der Waals surface area contributed by atoms with Crippen LogP contribution in [0.5, 0.6) is 0 Å². The molecule has 0 aliphatic rings. The third-order valence-electron chi connectivity index (χ3n) is 1.65. The smallest absolute Gasteiger partial charge is 0.293 e. The molecular formula is C9H7ClF2O. The average Bonchev–Trinajstić information content (AvgIpc) is 2.04. The largest absolute Gasteiger partial charge is 0.330 e. The van der Waals surface area contributed by atoms with E-state index in [0.29, 0.717) is 5.02 Å². The van der Waals surface area contributed by atoms with Gasteiger partial charge in [0.1, 0.15) is 0 Å². The summed E-state index contributed by atoms with van der Waals surface area (Å²) in [7, 11) is 0. The average molecular weight is 205 g/mol. The fourth-order valence-electron chi connectivity index (χ4n) is 0.862. The van der Waals surface area contributed by atoms with Crippen LogP contribution < -0.4 is 0 Å². The standard InChI is InChI=1S/C9H7ClF2O/c1-6(13)9(11,12)7-2-4-8(10)5-3-7/h2-5H,1H3. The topological polar surface area (TPSA) is 17.1 Å². The predicted octanol–water partition coefficient (Wildman–Crippen LogP) is 3.02. The van der Waals surface area contributed by atoms with Gasteiger partial charge in [0.15, 0.2) is 0 Å². The number of Topliss-reactive ketones (excluding diaryl/α,β-unsaturated/α-hetero) is 1. The minimum atomic E-state index is -3.41. The van der Waals surface area contributed by atoms with Crippen molar-refractivity contribution in [2.75, 3.05) is 0 Å². The molecule has 1 nitrogen and oxygen atoms in total. The highest BCUT2D eigenvalue weighted by atomic mass is 35.5. The van der Waals surface area contributed by atoms with Crippen LogP contribution in [0.15, 0.2) is 24.3 Å². The lowest BCUT2D eigenvalue weighted by Gasteiger charge is -2.12. The maximum absolute atomic E-state index is 13.0. The van der Waals surface area contributed by atoms with Crippen LogP contribution in [0.25, 0.3) is 0 Å². The predicted molar refractivity (Wildman–Crippen MR) is 46.0 cm³/mol. The first kappa shape index (κ1) is 10.1. The quantitative estimate of drug-likeness (QED) is 0.724. The highest BCUT2D eigenvalue weighted by molar-refractivity contribution is 6.30. The molecule has 0 aliphatic carbocycles. The molecule has 70 valence electrons. The molecule has 0 saturated carbocycles. The van der Waals surface area contributed by atoms with Crippen LogP contribution in [-0.2, 0) is 10.7 Å². The number of ketones is 1. The highest BCUT2D eigenvalue weighted by Gasteiger charge is 2.36. The van der Waals surface area contributed by atoms with Crippen LogP contribution >= 0.6 is 11.6 Å². The molecule has 0 amide bonds. The van der Waals surface area contributed by atoms with Gasteiger partial charge >= 0.3 is 5.92 Å². The van der Waals surface area contributed by atoms with Crippen molar-refractivity contribution in [1.82, 2.24) is 0 Å². The zero-order valence-corrected chi connectivity index (χ0v) is 7.61. The van der Waals surface area contributed by atoms with E-state index in [1.165, 1.54) is 12.1 Å². The van der Waals surface area contributed by atoms with E-state index in [4.69, 9.17) is 11.6 Å². The molecule has 0 N–H and O–H groups in total. The second-order valence-electron chi connectivity index (χ2n) is 2.64. The lowest BCUT2D eigenvalue weighted by atomic mass is 10.1. The molecule has 0 heterocycles. The van der Waals surface area contributed by atoms with E-state index in [1.54, 1.807) is 0 Å². The summed E-state index contributed by atoms with van der Waals surface area (Å²) in [6.07, 6.45) is 0. The van der Waals surface area contributed by atoms with Gasteiger partial charge in [-0.2, -0.15) is 8.78 Å². The van der Waals surface area contributed by atoms with Crippen LogP contribution in [0.1, 0.15) is 12.5 Å². The molecule has 1 rings (SSSR count). The normalized spacial score (nSPS) is 11.4. The molecule has 1 aromatic carbocycles. The number of benzene rings is 1. The van der Waals surface area contributed by atoms with Gasteiger partial charge in [0, 0.05) is 17.5 Å². The van der Waals surface area contributed by atoms with Crippen LogP contribution in [0, 0.1) is 0 Å². The van der Waals surface area contributed by atoms with E-state index in [0.717, 1.165) is 19.1 Å². The third kappa shape index (κ3) is 2.04. The van der Waals surface area contributed by atoms with E-state index >= 15 is 0 Å². The lowest BCUT2D eigenvalue weighted by Crippen LogP contribution is -2.22. The number of rotatable bonds is 2. The first-order chi connectivity index (χ1) is 5.94. The highest BCUT2D eigenvalue weighted by Crippen LogP contribution is 2.29. The molecule has 4 heteroatoms. The first-order valence-corrected chi connectivity index (χ1v) is 3.97. The van der Waals surface area contributed by atoms with Crippen molar-refractivity contribution in [3.63, 3.8) is 0 Å². The second-order valence-corrected chi connectivity index (χ2v) is 3.07. The lowest BCUT2D eigenvalue weighted by molar-refractivity contribution is -0.141. The maximum atomic E-state index is 13.0. The molecule has 0 saturated heterocycles. The summed E-state index contributed by atoms with van der Waals surface area (Å²) in [5, 5.41) is 0.364. The number of carbonyl (C=O) groups is 1. The zero-order valence-electron chi connectivity index (χ0n) is 6.85. The van der Waals surface area contributed by atoms with Gasteiger partial charge in [0.2, 0.25) is 5.78 Å². The molecule has 0 aromatic heterocycles. The summed E-state index contributed by atoms with van der Waals surface area (Å²) in [6.45, 7) is 0.856. The Morgan fingerprint density at radius 2 is 1.77 bits per heavy atom. The van der Waals surface area contributed by atoms with Crippen molar-refractivity contribution in [2.45, 2.75) is 12.8 Å². The van der Waals surface area contributed by atoms with Gasteiger partial charge in [-0.25, -0.2) is 0 Å². The minimum absolute atomic E-state index is 0.329. The first-order valence-electron chi connectivity index (χ1n) is 3.59. The summed E-state index contributed by atoms with van der Waals surface area (Å²) in [4.78, 5) is 10.6. The molecular weight excluding hydrogens is 198 g/mol. The molecule has 0 fully saturated rings. The number of carbonyl (C=O) groups excluding carboxylic acids is 1. The Labute approximate surface area is 79.3 Å². The third-order valence-corrected chi connectivity index (χ3v) is 1.90. The Morgan fingerprint density at radius 1 is 1.31 bits per heavy atom. The fraction of sp³-hybridized carbons (Fsp3) is 0.222. The maximum Gasteiger partial charge on any atom is 0.330 e. The molecule has 0 atom stereocenters. The monoisotopic (exact) mass is 204 g/mol. The van der Waals surface area contributed by atoms with Gasteiger partial charge in [-0.15, -0.1) is 0 Å². The van der Waals surface area contributed by atoms with E-state index in [-0.39, 0.29) is 5.56 Å². The minimum Gasteiger partial charge on any atom is -0.293 e. The van der Waals surface area contributed by atoms with Gasteiger partial charge in [-0.05, 0) is 12.1 Å². The summed E-state index contributed by atoms with van der Waals surface area (Å²) in [5.74, 6) is -4.58. The van der Waals surface area contributed by atoms with Gasteiger partial charge in [0.25, 0.3) is 0 Å². The number of halogens is 3. The number of hydrogen-bond donors (Lipinski definition) is 0.